The maximum Gasteiger partial charge on any atom is 0.192 e. The minimum Gasteiger partial charge on any atom is -0.305 e. The maximum atomic E-state index is 13.3. The number of nitriles is 1. The van der Waals surface area contributed by atoms with Gasteiger partial charge < -0.3 is 4.90 Å². The summed E-state index contributed by atoms with van der Waals surface area (Å²) in [6.45, 7) is 4.11. The van der Waals surface area contributed by atoms with E-state index in [1.807, 2.05) is 37.2 Å². The number of thiazole rings is 1. The lowest BCUT2D eigenvalue weighted by Gasteiger charge is -2.17. The highest BCUT2D eigenvalue weighted by atomic mass is 32.1. The van der Waals surface area contributed by atoms with Gasteiger partial charge in [0.15, 0.2) is 5.13 Å². The van der Waals surface area contributed by atoms with Crippen molar-refractivity contribution < 1.29 is 4.39 Å². The number of aromatic nitrogens is 3. The molecular weight excluding hydrogens is 373 g/mol. The normalized spacial score (nSPS) is 11.0. The third-order valence-electron chi connectivity index (χ3n) is 4.59. The van der Waals surface area contributed by atoms with E-state index in [1.165, 1.54) is 23.5 Å². The summed E-state index contributed by atoms with van der Waals surface area (Å²) in [7, 11) is 1.93. The average Bonchev–Trinajstić information content (AvgIpc) is 3.29. The van der Waals surface area contributed by atoms with Crippen molar-refractivity contribution in [3.05, 3.63) is 64.5 Å². The molecule has 3 heterocycles. The molecule has 0 spiro atoms. The largest absolute Gasteiger partial charge is 0.305 e. The molecule has 0 saturated carbocycles. The van der Waals surface area contributed by atoms with Crippen molar-refractivity contribution in [3.63, 3.8) is 0 Å². The van der Waals surface area contributed by atoms with Gasteiger partial charge in [0.25, 0.3) is 0 Å². The van der Waals surface area contributed by atoms with E-state index in [9.17, 15) is 9.65 Å². The second kappa shape index (κ2) is 7.06. The SMILES string of the molecule is CCc1nc2ccc(C)cn2c1N(C)c1nc(-c2ccc(F)cc2)c(C#N)s1. The summed E-state index contributed by atoms with van der Waals surface area (Å²) >= 11 is 1.32. The van der Waals surface area contributed by atoms with Crippen LogP contribution in [-0.4, -0.2) is 21.4 Å². The van der Waals surface area contributed by atoms with Crippen molar-refractivity contribution in [3.8, 4) is 17.3 Å². The van der Waals surface area contributed by atoms with E-state index in [0.717, 1.165) is 34.7 Å². The molecule has 0 N–H and O–H groups in total. The number of hydrogen-bond acceptors (Lipinski definition) is 5. The Morgan fingerprint density at radius 2 is 1.93 bits per heavy atom. The number of imidazole rings is 1. The van der Waals surface area contributed by atoms with Crippen LogP contribution in [0.15, 0.2) is 42.6 Å². The number of benzene rings is 1. The summed E-state index contributed by atoms with van der Waals surface area (Å²) in [5.74, 6) is 0.619. The van der Waals surface area contributed by atoms with Gasteiger partial charge in [-0.1, -0.05) is 24.3 Å². The zero-order valence-electron chi connectivity index (χ0n) is 15.8. The minimum absolute atomic E-state index is 0.316. The number of pyridine rings is 1. The van der Waals surface area contributed by atoms with E-state index >= 15 is 0 Å². The third kappa shape index (κ3) is 3.02. The van der Waals surface area contributed by atoms with Crippen LogP contribution in [0, 0.1) is 24.1 Å². The summed E-state index contributed by atoms with van der Waals surface area (Å²) in [4.78, 5) is 11.9. The highest BCUT2D eigenvalue weighted by Crippen LogP contribution is 2.36. The predicted octanol–water partition coefficient (Wildman–Crippen LogP) is 5.11. The fraction of sp³-hybridized carbons (Fsp3) is 0.190. The molecule has 0 radical (unpaired) electrons. The van der Waals surface area contributed by atoms with Gasteiger partial charge in [0.1, 0.15) is 33.9 Å². The summed E-state index contributed by atoms with van der Waals surface area (Å²) in [5.41, 5.74) is 4.26. The van der Waals surface area contributed by atoms with Gasteiger partial charge in [-0.2, -0.15) is 5.26 Å². The number of halogens is 1. The summed E-state index contributed by atoms with van der Waals surface area (Å²) in [6.07, 6.45) is 2.83. The van der Waals surface area contributed by atoms with Crippen LogP contribution in [0.25, 0.3) is 16.9 Å². The second-order valence-corrected chi connectivity index (χ2v) is 7.50. The molecule has 0 aliphatic carbocycles. The highest BCUT2D eigenvalue weighted by molar-refractivity contribution is 7.16. The molecule has 0 atom stereocenters. The van der Waals surface area contributed by atoms with Crippen LogP contribution in [0.1, 0.15) is 23.1 Å². The van der Waals surface area contributed by atoms with Gasteiger partial charge in [-0.05, 0) is 49.2 Å². The van der Waals surface area contributed by atoms with Crippen molar-refractivity contribution in [2.45, 2.75) is 20.3 Å². The van der Waals surface area contributed by atoms with E-state index in [0.29, 0.717) is 15.7 Å². The molecule has 0 bridgehead atoms. The van der Waals surface area contributed by atoms with Crippen LogP contribution >= 0.6 is 11.3 Å². The molecule has 0 unspecified atom stereocenters. The predicted molar refractivity (Wildman–Crippen MR) is 110 cm³/mol. The Bertz CT molecular complexity index is 1200. The Morgan fingerprint density at radius 3 is 2.61 bits per heavy atom. The summed E-state index contributed by atoms with van der Waals surface area (Å²) in [6, 6.07) is 12.3. The van der Waals surface area contributed by atoms with E-state index in [4.69, 9.17) is 9.97 Å². The molecule has 5 nitrogen and oxygen atoms in total. The smallest absolute Gasteiger partial charge is 0.192 e. The number of anilines is 2. The lowest BCUT2D eigenvalue weighted by atomic mass is 10.1. The topological polar surface area (TPSA) is 57.2 Å². The van der Waals surface area contributed by atoms with Gasteiger partial charge in [-0.3, -0.25) is 4.40 Å². The molecular formula is C21H18FN5S. The number of rotatable bonds is 4. The maximum absolute atomic E-state index is 13.3. The number of nitrogens with zero attached hydrogens (tertiary/aromatic N) is 5. The van der Waals surface area contributed by atoms with Gasteiger partial charge in [-0.15, -0.1) is 0 Å². The molecule has 0 aliphatic heterocycles. The lowest BCUT2D eigenvalue weighted by molar-refractivity contribution is 0.628. The van der Waals surface area contributed by atoms with E-state index in [2.05, 4.69) is 17.4 Å². The Morgan fingerprint density at radius 1 is 1.18 bits per heavy atom. The zero-order chi connectivity index (χ0) is 19.8. The number of hydrogen-bond donors (Lipinski definition) is 0. The molecule has 4 aromatic rings. The Labute approximate surface area is 166 Å². The molecule has 0 fully saturated rings. The molecule has 1 aromatic carbocycles. The van der Waals surface area contributed by atoms with Crippen molar-refractivity contribution in [2.75, 3.05) is 11.9 Å². The zero-order valence-corrected chi connectivity index (χ0v) is 16.6. The van der Waals surface area contributed by atoms with Gasteiger partial charge >= 0.3 is 0 Å². The van der Waals surface area contributed by atoms with Gasteiger partial charge in [0.05, 0.1) is 5.69 Å². The lowest BCUT2D eigenvalue weighted by Crippen LogP contribution is -2.13. The average molecular weight is 391 g/mol. The Balaban J connectivity index is 1.84. The van der Waals surface area contributed by atoms with Crippen molar-refractivity contribution in [1.29, 1.82) is 5.26 Å². The van der Waals surface area contributed by atoms with E-state index in [1.54, 1.807) is 12.1 Å². The third-order valence-corrected chi connectivity index (χ3v) is 5.62. The number of aryl methyl sites for hydroxylation is 2. The van der Waals surface area contributed by atoms with E-state index < -0.39 is 0 Å². The molecule has 140 valence electrons. The first-order valence-corrected chi connectivity index (χ1v) is 9.71. The monoisotopic (exact) mass is 391 g/mol. The molecule has 28 heavy (non-hydrogen) atoms. The Kier molecular flexibility index (Phi) is 4.57. The summed E-state index contributed by atoms with van der Waals surface area (Å²) < 4.78 is 15.3. The van der Waals surface area contributed by atoms with Crippen molar-refractivity contribution >= 4 is 27.9 Å². The Hall–Kier alpha value is -3.24. The standard InChI is InChI=1S/C21H18FN5S/c1-4-16-20(27-12-13(2)5-10-18(27)24-16)26(3)21-25-19(17(11-23)28-21)14-6-8-15(22)9-7-14/h5-10,12H,4H2,1-3H3. The van der Waals surface area contributed by atoms with E-state index in [-0.39, 0.29) is 5.82 Å². The molecule has 0 amide bonds. The fourth-order valence-electron chi connectivity index (χ4n) is 3.20. The molecule has 4 rings (SSSR count). The van der Waals surface area contributed by atoms with Crippen LogP contribution in [0.5, 0.6) is 0 Å². The highest BCUT2D eigenvalue weighted by Gasteiger charge is 2.21. The number of fused-ring (bicyclic) bond motifs is 1. The van der Waals surface area contributed by atoms with Crippen LogP contribution in [0.4, 0.5) is 15.3 Å². The first-order valence-electron chi connectivity index (χ1n) is 8.90. The second-order valence-electron chi connectivity index (χ2n) is 6.52. The van der Waals surface area contributed by atoms with Crippen molar-refractivity contribution in [1.82, 2.24) is 14.4 Å². The quantitative estimate of drug-likeness (QED) is 0.485. The fourth-order valence-corrected chi connectivity index (χ4v) is 4.05. The first kappa shape index (κ1) is 18.1. The first-order chi connectivity index (χ1) is 13.5. The molecule has 3 aromatic heterocycles. The summed E-state index contributed by atoms with van der Waals surface area (Å²) in [5, 5.41) is 10.3. The van der Waals surface area contributed by atoms with Gasteiger partial charge in [-0.25, -0.2) is 14.4 Å². The van der Waals surface area contributed by atoms with Crippen molar-refractivity contribution in [2.24, 2.45) is 0 Å². The molecule has 0 aliphatic rings. The van der Waals surface area contributed by atoms with Crippen LogP contribution in [0.3, 0.4) is 0 Å². The molecule has 7 heteroatoms. The molecule has 0 saturated heterocycles. The van der Waals surface area contributed by atoms with Gasteiger partial charge in [0.2, 0.25) is 0 Å². The van der Waals surface area contributed by atoms with Crippen LogP contribution < -0.4 is 4.90 Å². The van der Waals surface area contributed by atoms with Crippen LogP contribution in [-0.2, 0) is 6.42 Å². The minimum atomic E-state index is -0.316. The van der Waals surface area contributed by atoms with Gasteiger partial charge in [0, 0.05) is 18.8 Å². The van der Waals surface area contributed by atoms with Crippen LogP contribution in [0.2, 0.25) is 0 Å².